The van der Waals surface area contributed by atoms with Gasteiger partial charge in [0.2, 0.25) is 0 Å². The van der Waals surface area contributed by atoms with Crippen molar-refractivity contribution in [3.8, 4) is 28.7 Å². The van der Waals surface area contributed by atoms with E-state index in [1.165, 1.54) is 30.9 Å². The van der Waals surface area contributed by atoms with Crippen LogP contribution in [-0.2, 0) is 6.42 Å². The van der Waals surface area contributed by atoms with Gasteiger partial charge in [-0.2, -0.15) is 13.2 Å². The van der Waals surface area contributed by atoms with Gasteiger partial charge in [0.15, 0.2) is 18.2 Å². The van der Waals surface area contributed by atoms with Crippen LogP contribution < -0.4 is 4.74 Å². The molecule has 0 aromatic heterocycles. The van der Waals surface area contributed by atoms with Gasteiger partial charge in [-0.25, -0.2) is 8.78 Å². The minimum atomic E-state index is -4.57. The van der Waals surface area contributed by atoms with Crippen LogP contribution in [0, 0.1) is 23.5 Å². The average Bonchev–Trinajstić information content (AvgIpc) is 2.87. The Labute approximate surface area is 212 Å². The standard InChI is InChI=1S/C31H25F5O/c1-2-3-4-5-21-6-10-23(11-7-21)25-15-16-27-26(19-25)14-13-24(30(27)33)12-8-22-9-17-29(28(32)18-22)37-20-31(34,35)36/h6-7,9-11,13-19H,2-5,20H2,1H3. The maximum Gasteiger partial charge on any atom is 0.422 e. The average molecular weight is 509 g/mol. The molecule has 4 aromatic rings. The second-order valence-corrected chi connectivity index (χ2v) is 8.82. The van der Waals surface area contributed by atoms with Gasteiger partial charge in [0.1, 0.15) is 5.82 Å². The first-order valence-corrected chi connectivity index (χ1v) is 12.1. The number of benzene rings is 4. The van der Waals surface area contributed by atoms with Gasteiger partial charge in [-0.1, -0.05) is 74.1 Å². The van der Waals surface area contributed by atoms with Gasteiger partial charge in [0.25, 0.3) is 0 Å². The highest BCUT2D eigenvalue weighted by Gasteiger charge is 2.28. The number of halogens is 5. The van der Waals surface area contributed by atoms with Crippen LogP contribution in [0.3, 0.4) is 0 Å². The molecule has 0 heterocycles. The predicted molar refractivity (Wildman–Crippen MR) is 137 cm³/mol. The Morgan fingerprint density at radius 1 is 0.784 bits per heavy atom. The van der Waals surface area contributed by atoms with Crippen LogP contribution in [0.25, 0.3) is 21.9 Å². The number of hydrogen-bond acceptors (Lipinski definition) is 1. The molecule has 0 aliphatic heterocycles. The quantitative estimate of drug-likeness (QED) is 0.138. The normalized spacial score (nSPS) is 11.3. The molecule has 0 N–H and O–H groups in total. The van der Waals surface area contributed by atoms with Crippen LogP contribution in [0.2, 0.25) is 0 Å². The molecule has 0 saturated carbocycles. The van der Waals surface area contributed by atoms with Crippen LogP contribution >= 0.6 is 0 Å². The number of fused-ring (bicyclic) bond motifs is 1. The van der Waals surface area contributed by atoms with Gasteiger partial charge in [-0.05, 0) is 65.3 Å². The molecule has 0 spiro atoms. The molecular weight excluding hydrogens is 483 g/mol. The molecule has 6 heteroatoms. The Morgan fingerprint density at radius 3 is 2.24 bits per heavy atom. The number of alkyl halides is 3. The van der Waals surface area contributed by atoms with Gasteiger partial charge in [-0.15, -0.1) is 0 Å². The van der Waals surface area contributed by atoms with Crippen molar-refractivity contribution in [1.82, 2.24) is 0 Å². The van der Waals surface area contributed by atoms with Crippen LogP contribution in [0.15, 0.2) is 72.8 Å². The van der Waals surface area contributed by atoms with Crippen molar-refractivity contribution in [2.24, 2.45) is 0 Å². The maximum absolute atomic E-state index is 15.2. The molecule has 190 valence electrons. The SMILES string of the molecule is CCCCCc1ccc(-c2ccc3c(F)c(C#Cc4ccc(OCC(F)(F)F)c(F)c4)ccc3c2)cc1. The van der Waals surface area contributed by atoms with Crippen molar-refractivity contribution in [2.75, 3.05) is 6.61 Å². The molecule has 0 bridgehead atoms. The zero-order valence-corrected chi connectivity index (χ0v) is 20.3. The highest BCUT2D eigenvalue weighted by Crippen LogP contribution is 2.28. The van der Waals surface area contributed by atoms with Crippen LogP contribution in [0.5, 0.6) is 5.75 Å². The Morgan fingerprint density at radius 2 is 1.54 bits per heavy atom. The summed E-state index contributed by atoms with van der Waals surface area (Å²) in [5, 5.41) is 1.14. The van der Waals surface area contributed by atoms with E-state index in [2.05, 4.69) is 47.8 Å². The van der Waals surface area contributed by atoms with E-state index in [-0.39, 0.29) is 11.1 Å². The highest BCUT2D eigenvalue weighted by atomic mass is 19.4. The molecule has 37 heavy (non-hydrogen) atoms. The molecule has 4 rings (SSSR count). The largest absolute Gasteiger partial charge is 0.481 e. The molecule has 0 amide bonds. The van der Waals surface area contributed by atoms with Crippen molar-refractivity contribution in [1.29, 1.82) is 0 Å². The zero-order valence-electron chi connectivity index (χ0n) is 20.3. The molecule has 1 nitrogen and oxygen atoms in total. The van der Waals surface area contributed by atoms with E-state index in [9.17, 15) is 17.6 Å². The Kier molecular flexibility index (Phi) is 8.13. The summed E-state index contributed by atoms with van der Waals surface area (Å²) >= 11 is 0. The molecule has 0 atom stereocenters. The van der Waals surface area contributed by atoms with E-state index in [1.54, 1.807) is 18.2 Å². The predicted octanol–water partition coefficient (Wildman–Crippen LogP) is 8.86. The second kappa shape index (κ2) is 11.5. The van der Waals surface area contributed by atoms with Gasteiger partial charge >= 0.3 is 6.18 Å². The zero-order chi connectivity index (χ0) is 26.4. The summed E-state index contributed by atoms with van der Waals surface area (Å²) in [6.07, 6.45) is 0.0660. The third-order valence-corrected chi connectivity index (χ3v) is 5.98. The molecule has 0 aliphatic rings. The number of hydrogen-bond donors (Lipinski definition) is 0. The minimum Gasteiger partial charge on any atom is -0.481 e. The van der Waals surface area contributed by atoms with E-state index in [4.69, 9.17) is 0 Å². The topological polar surface area (TPSA) is 9.23 Å². The number of rotatable bonds is 7. The van der Waals surface area contributed by atoms with E-state index in [1.807, 2.05) is 12.1 Å². The first-order valence-electron chi connectivity index (χ1n) is 12.1. The van der Waals surface area contributed by atoms with Crippen LogP contribution in [-0.4, -0.2) is 12.8 Å². The molecule has 0 fully saturated rings. The van der Waals surface area contributed by atoms with E-state index in [0.29, 0.717) is 5.39 Å². The Balaban J connectivity index is 1.51. The molecular formula is C31H25F5O. The highest BCUT2D eigenvalue weighted by molar-refractivity contribution is 5.89. The summed E-state index contributed by atoms with van der Waals surface area (Å²) in [6.45, 7) is 0.591. The van der Waals surface area contributed by atoms with E-state index >= 15 is 4.39 Å². The minimum absolute atomic E-state index is 0.134. The summed E-state index contributed by atoms with van der Waals surface area (Å²) in [4.78, 5) is 0. The summed E-state index contributed by atoms with van der Waals surface area (Å²) in [5.74, 6) is 3.35. The van der Waals surface area contributed by atoms with Crippen molar-refractivity contribution in [2.45, 2.75) is 38.8 Å². The van der Waals surface area contributed by atoms with Gasteiger partial charge in [0, 0.05) is 10.9 Å². The molecule has 0 radical (unpaired) electrons. The first kappa shape index (κ1) is 26.2. The monoisotopic (exact) mass is 508 g/mol. The van der Waals surface area contributed by atoms with Gasteiger partial charge in [-0.3, -0.25) is 0 Å². The number of aryl methyl sites for hydroxylation is 1. The smallest absolute Gasteiger partial charge is 0.422 e. The first-order chi connectivity index (χ1) is 17.7. The van der Waals surface area contributed by atoms with E-state index < -0.39 is 30.2 Å². The lowest BCUT2D eigenvalue weighted by Gasteiger charge is -2.09. The Bertz CT molecular complexity index is 1440. The fraction of sp³-hybridized carbons (Fsp3) is 0.226. The van der Waals surface area contributed by atoms with Crippen molar-refractivity contribution >= 4 is 10.8 Å². The lowest BCUT2D eigenvalue weighted by atomic mass is 9.98. The van der Waals surface area contributed by atoms with Gasteiger partial charge in [0.05, 0.1) is 5.56 Å². The number of unbranched alkanes of at least 4 members (excludes halogenated alkanes) is 2. The van der Waals surface area contributed by atoms with Crippen molar-refractivity contribution in [3.63, 3.8) is 0 Å². The van der Waals surface area contributed by atoms with Crippen LogP contribution in [0.4, 0.5) is 22.0 Å². The molecule has 0 unspecified atom stereocenters. The lowest BCUT2D eigenvalue weighted by molar-refractivity contribution is -0.153. The van der Waals surface area contributed by atoms with Crippen molar-refractivity contribution in [3.05, 3.63) is 101 Å². The van der Waals surface area contributed by atoms with Crippen LogP contribution in [0.1, 0.15) is 42.9 Å². The molecule has 0 saturated heterocycles. The summed E-state index contributed by atoms with van der Waals surface area (Å²) in [7, 11) is 0. The maximum atomic E-state index is 15.2. The van der Waals surface area contributed by atoms with Crippen molar-refractivity contribution < 1.29 is 26.7 Å². The summed E-state index contributed by atoms with van der Waals surface area (Å²) in [5.41, 5.74) is 3.65. The Hall–Kier alpha value is -3.85. The molecule has 0 aliphatic carbocycles. The van der Waals surface area contributed by atoms with E-state index in [0.717, 1.165) is 35.1 Å². The second-order valence-electron chi connectivity index (χ2n) is 8.82. The summed E-state index contributed by atoms with van der Waals surface area (Å²) in [6, 6.07) is 20.6. The summed E-state index contributed by atoms with van der Waals surface area (Å²) < 4.78 is 70.5. The van der Waals surface area contributed by atoms with Gasteiger partial charge < -0.3 is 4.74 Å². The fourth-order valence-electron chi connectivity index (χ4n) is 4.01. The lowest BCUT2D eigenvalue weighted by Crippen LogP contribution is -2.19. The third kappa shape index (κ3) is 6.89. The fourth-order valence-corrected chi connectivity index (χ4v) is 4.01. The number of ether oxygens (including phenoxy) is 1. The molecule has 4 aromatic carbocycles. The third-order valence-electron chi connectivity index (χ3n) is 5.98.